The SMILES string of the molecule is N#Cc1ccc(Cn2cc(NC(=O)NCC3Cc4ccccc4CN3)cn2)cc1. The lowest BCUT2D eigenvalue weighted by Crippen LogP contribution is -2.45. The first-order valence-electron chi connectivity index (χ1n) is 9.56. The van der Waals surface area contributed by atoms with Crippen LogP contribution in [-0.4, -0.2) is 28.4 Å². The first-order chi connectivity index (χ1) is 14.2. The molecule has 29 heavy (non-hydrogen) atoms. The molecule has 0 radical (unpaired) electrons. The van der Waals surface area contributed by atoms with Gasteiger partial charge in [-0.25, -0.2) is 4.79 Å². The van der Waals surface area contributed by atoms with Crippen LogP contribution in [0.25, 0.3) is 0 Å². The van der Waals surface area contributed by atoms with Crippen molar-refractivity contribution in [2.75, 3.05) is 11.9 Å². The smallest absolute Gasteiger partial charge is 0.319 e. The Morgan fingerprint density at radius 2 is 2.00 bits per heavy atom. The molecule has 1 unspecified atom stereocenters. The van der Waals surface area contributed by atoms with Crippen LogP contribution in [0.5, 0.6) is 0 Å². The lowest BCUT2D eigenvalue weighted by atomic mass is 9.96. The van der Waals surface area contributed by atoms with Crippen molar-refractivity contribution in [1.82, 2.24) is 20.4 Å². The highest BCUT2D eigenvalue weighted by molar-refractivity contribution is 5.88. The fraction of sp³-hybridized carbons (Fsp3) is 0.227. The summed E-state index contributed by atoms with van der Waals surface area (Å²) in [5, 5.41) is 22.3. The maximum atomic E-state index is 12.2. The minimum atomic E-state index is -0.247. The third-order valence-electron chi connectivity index (χ3n) is 4.99. The van der Waals surface area contributed by atoms with Crippen molar-refractivity contribution < 1.29 is 4.79 Å². The summed E-state index contributed by atoms with van der Waals surface area (Å²) < 4.78 is 1.75. The van der Waals surface area contributed by atoms with Crippen LogP contribution in [-0.2, 0) is 19.5 Å². The van der Waals surface area contributed by atoms with Crippen molar-refractivity contribution in [2.45, 2.75) is 25.6 Å². The Hall–Kier alpha value is -3.63. The third-order valence-corrected chi connectivity index (χ3v) is 4.99. The monoisotopic (exact) mass is 386 g/mol. The summed E-state index contributed by atoms with van der Waals surface area (Å²) in [5.41, 5.74) is 4.96. The second-order valence-electron chi connectivity index (χ2n) is 7.12. The first-order valence-corrected chi connectivity index (χ1v) is 9.56. The number of nitrogens with one attached hydrogen (secondary N) is 3. The van der Waals surface area contributed by atoms with Gasteiger partial charge < -0.3 is 16.0 Å². The highest BCUT2D eigenvalue weighted by Gasteiger charge is 2.18. The van der Waals surface area contributed by atoms with Gasteiger partial charge in [0.15, 0.2) is 0 Å². The molecule has 0 saturated carbocycles. The molecule has 0 fully saturated rings. The van der Waals surface area contributed by atoms with Gasteiger partial charge in [-0.1, -0.05) is 36.4 Å². The lowest BCUT2D eigenvalue weighted by Gasteiger charge is -2.26. The van der Waals surface area contributed by atoms with E-state index in [2.05, 4.69) is 45.3 Å². The van der Waals surface area contributed by atoms with Gasteiger partial charge >= 0.3 is 6.03 Å². The van der Waals surface area contributed by atoms with Gasteiger partial charge in [-0.15, -0.1) is 0 Å². The van der Waals surface area contributed by atoms with Crippen LogP contribution in [0.15, 0.2) is 60.9 Å². The predicted octanol–water partition coefficient (Wildman–Crippen LogP) is 2.64. The van der Waals surface area contributed by atoms with E-state index in [0.717, 1.165) is 18.5 Å². The molecule has 1 aliphatic heterocycles. The van der Waals surface area contributed by atoms with E-state index >= 15 is 0 Å². The van der Waals surface area contributed by atoms with Crippen molar-refractivity contribution in [3.63, 3.8) is 0 Å². The zero-order valence-electron chi connectivity index (χ0n) is 15.9. The van der Waals surface area contributed by atoms with Crippen molar-refractivity contribution in [1.29, 1.82) is 5.26 Å². The van der Waals surface area contributed by atoms with Gasteiger partial charge in [0.05, 0.1) is 30.1 Å². The van der Waals surface area contributed by atoms with Crippen LogP contribution in [0.4, 0.5) is 10.5 Å². The maximum Gasteiger partial charge on any atom is 0.319 e. The second kappa shape index (κ2) is 8.59. The Bertz CT molecular complexity index is 1030. The normalized spacial score (nSPS) is 15.2. The van der Waals surface area contributed by atoms with E-state index in [1.54, 1.807) is 29.2 Å². The molecule has 0 aliphatic carbocycles. The van der Waals surface area contributed by atoms with Crippen molar-refractivity contribution in [3.05, 3.63) is 83.2 Å². The fourth-order valence-corrected chi connectivity index (χ4v) is 3.44. The molecule has 2 aromatic carbocycles. The number of urea groups is 1. The molecule has 1 aromatic heterocycles. The molecular weight excluding hydrogens is 364 g/mol. The largest absolute Gasteiger partial charge is 0.336 e. The highest BCUT2D eigenvalue weighted by atomic mass is 16.2. The number of anilines is 1. The van der Waals surface area contributed by atoms with Crippen LogP contribution in [0.3, 0.4) is 0 Å². The number of aromatic nitrogens is 2. The Morgan fingerprint density at radius 1 is 1.21 bits per heavy atom. The minimum absolute atomic E-state index is 0.217. The van der Waals surface area contributed by atoms with Gasteiger partial charge in [0.2, 0.25) is 0 Å². The van der Waals surface area contributed by atoms with Crippen LogP contribution < -0.4 is 16.0 Å². The highest BCUT2D eigenvalue weighted by Crippen LogP contribution is 2.16. The number of fused-ring (bicyclic) bond motifs is 1. The Balaban J connectivity index is 1.25. The molecule has 1 aliphatic rings. The molecule has 0 saturated heterocycles. The Morgan fingerprint density at radius 3 is 2.79 bits per heavy atom. The summed E-state index contributed by atoms with van der Waals surface area (Å²) in [6.45, 7) is 1.95. The van der Waals surface area contributed by atoms with E-state index in [1.165, 1.54) is 11.1 Å². The summed E-state index contributed by atoms with van der Waals surface area (Å²) >= 11 is 0. The molecule has 0 spiro atoms. The Labute approximate surface area is 169 Å². The van der Waals surface area contributed by atoms with Crippen molar-refractivity contribution >= 4 is 11.7 Å². The molecule has 2 heterocycles. The number of nitriles is 1. The first kappa shape index (κ1) is 18.7. The number of carbonyl (C=O) groups excluding carboxylic acids is 1. The number of carbonyl (C=O) groups is 1. The summed E-state index contributed by atoms with van der Waals surface area (Å²) in [6.07, 6.45) is 4.31. The molecule has 3 aromatic rings. The molecule has 1 atom stereocenters. The number of rotatable bonds is 5. The summed E-state index contributed by atoms with van der Waals surface area (Å²) in [7, 11) is 0. The van der Waals surface area contributed by atoms with Crippen molar-refractivity contribution in [3.8, 4) is 6.07 Å². The van der Waals surface area contributed by atoms with E-state index < -0.39 is 0 Å². The van der Waals surface area contributed by atoms with Crippen LogP contribution >= 0.6 is 0 Å². The molecular formula is C22H22N6O. The number of nitrogens with zero attached hydrogens (tertiary/aromatic N) is 3. The quantitative estimate of drug-likeness (QED) is 0.628. The molecule has 146 valence electrons. The molecule has 3 N–H and O–H groups in total. The zero-order valence-corrected chi connectivity index (χ0v) is 15.9. The summed E-state index contributed by atoms with van der Waals surface area (Å²) in [4.78, 5) is 12.2. The number of hydrogen-bond donors (Lipinski definition) is 3. The van der Waals surface area contributed by atoms with Gasteiger partial charge in [0.1, 0.15) is 0 Å². The number of benzene rings is 2. The van der Waals surface area contributed by atoms with E-state index in [4.69, 9.17) is 5.26 Å². The van der Waals surface area contributed by atoms with Crippen LogP contribution in [0.1, 0.15) is 22.3 Å². The van der Waals surface area contributed by atoms with Crippen LogP contribution in [0.2, 0.25) is 0 Å². The summed E-state index contributed by atoms with van der Waals surface area (Å²) in [6, 6.07) is 17.8. The third kappa shape index (κ3) is 4.81. The number of amides is 2. The molecule has 7 nitrogen and oxygen atoms in total. The van der Waals surface area contributed by atoms with E-state index in [-0.39, 0.29) is 12.1 Å². The average molecular weight is 386 g/mol. The predicted molar refractivity (Wildman–Crippen MR) is 110 cm³/mol. The molecule has 0 bridgehead atoms. The van der Waals surface area contributed by atoms with Gasteiger partial charge in [-0.3, -0.25) is 4.68 Å². The zero-order chi connectivity index (χ0) is 20.1. The number of hydrogen-bond acceptors (Lipinski definition) is 4. The lowest BCUT2D eigenvalue weighted by molar-refractivity contribution is 0.250. The summed E-state index contributed by atoms with van der Waals surface area (Å²) in [5.74, 6) is 0. The Kier molecular flexibility index (Phi) is 5.54. The molecule has 7 heteroatoms. The van der Waals surface area contributed by atoms with E-state index in [0.29, 0.717) is 24.3 Å². The van der Waals surface area contributed by atoms with E-state index in [1.807, 2.05) is 18.2 Å². The van der Waals surface area contributed by atoms with Crippen molar-refractivity contribution in [2.24, 2.45) is 0 Å². The standard InChI is InChI=1S/C22H22N6O/c23-10-16-5-7-17(8-6-16)14-28-15-21(13-26-28)27-22(29)25-12-20-9-18-3-1-2-4-19(18)11-24-20/h1-8,13,15,20,24H,9,11-12,14H2,(H2,25,27,29). The van der Waals surface area contributed by atoms with Gasteiger partial charge in [-0.2, -0.15) is 10.4 Å². The fourth-order valence-electron chi connectivity index (χ4n) is 3.44. The van der Waals surface area contributed by atoms with E-state index in [9.17, 15) is 4.79 Å². The minimum Gasteiger partial charge on any atom is -0.336 e. The molecule has 4 rings (SSSR count). The van der Waals surface area contributed by atoms with Crippen LogP contribution in [0, 0.1) is 11.3 Å². The second-order valence-corrected chi connectivity index (χ2v) is 7.12. The topological polar surface area (TPSA) is 94.8 Å². The average Bonchev–Trinajstić information content (AvgIpc) is 3.19. The molecule has 2 amide bonds. The van der Waals surface area contributed by atoms with Gasteiger partial charge in [-0.05, 0) is 35.2 Å². The van der Waals surface area contributed by atoms with Gasteiger partial charge in [0, 0.05) is 25.3 Å². The maximum absolute atomic E-state index is 12.2. The van der Waals surface area contributed by atoms with Gasteiger partial charge in [0.25, 0.3) is 0 Å².